The van der Waals surface area contributed by atoms with Gasteiger partial charge in [-0.1, -0.05) is 56.2 Å². The highest BCUT2D eigenvalue weighted by Crippen LogP contribution is 2.59. The highest BCUT2D eigenvalue weighted by molar-refractivity contribution is 5.21. The first-order valence-electron chi connectivity index (χ1n) is 12.6. The first-order valence-corrected chi connectivity index (χ1v) is 12.6. The number of fused-ring (bicyclic) bond motifs is 1. The van der Waals surface area contributed by atoms with Gasteiger partial charge in [0, 0.05) is 5.92 Å². The molecular formula is C28H46O3. The molecule has 0 heterocycles. The number of hydrogen-bond acceptors (Lipinski definition) is 3. The number of aliphatic hydroxyl groups excluding tert-OH is 2. The lowest BCUT2D eigenvalue weighted by Crippen LogP contribution is -2.35. The van der Waals surface area contributed by atoms with Crippen LogP contribution in [-0.2, 0) is 0 Å². The van der Waals surface area contributed by atoms with Gasteiger partial charge in [0.05, 0.1) is 17.8 Å². The minimum absolute atomic E-state index is 0.159. The minimum atomic E-state index is -0.669. The fraction of sp³-hybridized carbons (Fsp3) is 0.786. The second kappa shape index (κ2) is 9.93. The van der Waals surface area contributed by atoms with Crippen molar-refractivity contribution in [3.8, 4) is 0 Å². The van der Waals surface area contributed by atoms with E-state index in [2.05, 4.69) is 45.1 Å². The Morgan fingerprint density at radius 2 is 1.74 bits per heavy atom. The number of allylic oxidation sites excluding steroid dienone is 4. The molecule has 3 nitrogen and oxygen atoms in total. The second-order valence-corrected chi connectivity index (χ2v) is 11.6. The van der Waals surface area contributed by atoms with E-state index in [1.807, 2.05) is 13.8 Å². The van der Waals surface area contributed by atoms with E-state index in [9.17, 15) is 15.3 Å². The highest BCUT2D eigenvalue weighted by atomic mass is 16.3. The van der Waals surface area contributed by atoms with Crippen LogP contribution >= 0.6 is 0 Å². The summed E-state index contributed by atoms with van der Waals surface area (Å²) in [5, 5.41) is 30.1. The van der Waals surface area contributed by atoms with Gasteiger partial charge >= 0.3 is 0 Å². The molecule has 0 amide bonds. The Labute approximate surface area is 190 Å². The van der Waals surface area contributed by atoms with Crippen LogP contribution in [0.3, 0.4) is 0 Å². The number of hydrogen-bond donors (Lipinski definition) is 3. The molecule has 3 heteroatoms. The molecule has 0 spiro atoms. The molecule has 3 saturated carbocycles. The predicted octanol–water partition coefficient (Wildman–Crippen LogP) is 5.95. The van der Waals surface area contributed by atoms with Crippen LogP contribution in [0, 0.1) is 29.1 Å². The van der Waals surface area contributed by atoms with Crippen LogP contribution in [0.25, 0.3) is 0 Å². The van der Waals surface area contributed by atoms with Crippen LogP contribution in [0.4, 0.5) is 0 Å². The molecule has 0 unspecified atom stereocenters. The van der Waals surface area contributed by atoms with Gasteiger partial charge < -0.3 is 15.3 Å². The lowest BCUT2D eigenvalue weighted by atomic mass is 9.61. The molecule has 3 fully saturated rings. The van der Waals surface area contributed by atoms with E-state index in [-0.39, 0.29) is 18.1 Å². The van der Waals surface area contributed by atoms with Crippen molar-refractivity contribution in [3.63, 3.8) is 0 Å². The van der Waals surface area contributed by atoms with E-state index in [1.165, 1.54) is 37.7 Å². The summed E-state index contributed by atoms with van der Waals surface area (Å²) in [6, 6.07) is 0. The smallest absolute Gasteiger partial charge is 0.0651 e. The molecular weight excluding hydrogens is 384 g/mol. The SMILES string of the molecule is C[C@H](/C=C/[C@H](C)C(C)(C)O)[C@H]1CC[C@H]2/C(=C/CC=C3C[C@@H](O)C[C@H](O)C3)CCC[C@]12C. The lowest BCUT2D eigenvalue weighted by Gasteiger charge is -2.44. The van der Waals surface area contributed by atoms with Crippen LogP contribution < -0.4 is 0 Å². The molecule has 31 heavy (non-hydrogen) atoms. The van der Waals surface area contributed by atoms with E-state index in [0.717, 1.165) is 19.3 Å². The van der Waals surface area contributed by atoms with Crippen LogP contribution in [0.2, 0.25) is 0 Å². The second-order valence-electron chi connectivity index (χ2n) is 11.6. The van der Waals surface area contributed by atoms with E-state index < -0.39 is 5.60 Å². The minimum Gasteiger partial charge on any atom is -0.393 e. The van der Waals surface area contributed by atoms with Gasteiger partial charge in [-0.2, -0.15) is 0 Å². The fourth-order valence-electron chi connectivity index (χ4n) is 6.61. The molecule has 0 aromatic heterocycles. The van der Waals surface area contributed by atoms with Crippen LogP contribution in [-0.4, -0.2) is 33.1 Å². The largest absolute Gasteiger partial charge is 0.393 e. The van der Waals surface area contributed by atoms with Crippen molar-refractivity contribution in [1.82, 2.24) is 0 Å². The molecule has 3 N–H and O–H groups in total. The monoisotopic (exact) mass is 430 g/mol. The average Bonchev–Trinajstić information content (AvgIpc) is 3.02. The van der Waals surface area contributed by atoms with Gasteiger partial charge in [0.15, 0.2) is 0 Å². The zero-order chi connectivity index (χ0) is 22.8. The van der Waals surface area contributed by atoms with Gasteiger partial charge in [-0.25, -0.2) is 0 Å². The molecule has 0 saturated heterocycles. The highest BCUT2D eigenvalue weighted by Gasteiger charge is 2.50. The summed E-state index contributed by atoms with van der Waals surface area (Å²) >= 11 is 0. The van der Waals surface area contributed by atoms with E-state index in [1.54, 1.807) is 5.57 Å². The third-order valence-electron chi connectivity index (χ3n) is 8.82. The number of aliphatic hydroxyl groups is 3. The Morgan fingerprint density at radius 3 is 2.39 bits per heavy atom. The third-order valence-corrected chi connectivity index (χ3v) is 8.82. The van der Waals surface area contributed by atoms with Crippen LogP contribution in [0.1, 0.15) is 92.4 Å². The summed E-state index contributed by atoms with van der Waals surface area (Å²) in [5.41, 5.74) is 2.56. The normalized spacial score (nSPS) is 37.8. The average molecular weight is 431 g/mol. The molecule has 0 bridgehead atoms. The van der Waals surface area contributed by atoms with Crippen molar-refractivity contribution in [3.05, 3.63) is 35.5 Å². The van der Waals surface area contributed by atoms with Gasteiger partial charge in [-0.3, -0.25) is 0 Å². The van der Waals surface area contributed by atoms with Gasteiger partial charge in [0.2, 0.25) is 0 Å². The van der Waals surface area contributed by atoms with E-state index in [4.69, 9.17) is 0 Å². The molecule has 3 aliphatic carbocycles. The van der Waals surface area contributed by atoms with Crippen LogP contribution in [0.15, 0.2) is 35.5 Å². The summed E-state index contributed by atoms with van der Waals surface area (Å²) in [6.07, 6.45) is 17.8. The molecule has 3 rings (SSSR count). The van der Waals surface area contributed by atoms with Gasteiger partial charge in [-0.15, -0.1) is 0 Å². The Balaban J connectivity index is 1.66. The summed E-state index contributed by atoms with van der Waals surface area (Å²) in [5.74, 6) is 2.08. The quantitative estimate of drug-likeness (QED) is 0.456. The molecule has 0 aromatic rings. The predicted molar refractivity (Wildman–Crippen MR) is 129 cm³/mol. The van der Waals surface area contributed by atoms with Crippen molar-refractivity contribution in [1.29, 1.82) is 0 Å². The fourth-order valence-corrected chi connectivity index (χ4v) is 6.61. The summed E-state index contributed by atoms with van der Waals surface area (Å²) < 4.78 is 0. The Kier molecular flexibility index (Phi) is 7.92. The standard InChI is InChI=1S/C28H46O3/c1-19(11-12-20(2)27(3,4)31)25-13-14-26-22(10-7-15-28(25,26)5)9-6-8-21-16-23(29)18-24(30)17-21/h8-9,11-12,19-20,23-26,29-31H,6-7,10,13-18H2,1-5H3/b12-11+,22-9+/t19-,20+,23-,24-,25-,26+,28-/m1/s1. The maximum atomic E-state index is 10.3. The molecule has 0 aliphatic heterocycles. The molecule has 7 atom stereocenters. The van der Waals surface area contributed by atoms with Crippen LogP contribution in [0.5, 0.6) is 0 Å². The van der Waals surface area contributed by atoms with E-state index in [0.29, 0.717) is 29.6 Å². The number of rotatable bonds is 6. The van der Waals surface area contributed by atoms with Crippen molar-refractivity contribution in [2.75, 3.05) is 0 Å². The Hall–Kier alpha value is -0.900. The zero-order valence-corrected chi connectivity index (χ0v) is 20.5. The van der Waals surface area contributed by atoms with Gasteiger partial charge in [-0.05, 0) is 94.8 Å². The topological polar surface area (TPSA) is 60.7 Å². The van der Waals surface area contributed by atoms with Crippen molar-refractivity contribution < 1.29 is 15.3 Å². The van der Waals surface area contributed by atoms with Crippen molar-refractivity contribution in [2.45, 2.75) is 110 Å². The van der Waals surface area contributed by atoms with Crippen molar-refractivity contribution >= 4 is 0 Å². The summed E-state index contributed by atoms with van der Waals surface area (Å²) in [6.45, 7) is 10.8. The Morgan fingerprint density at radius 1 is 1.06 bits per heavy atom. The molecule has 0 radical (unpaired) electrons. The first kappa shape index (κ1) is 24.7. The molecule has 176 valence electrons. The van der Waals surface area contributed by atoms with Gasteiger partial charge in [0.25, 0.3) is 0 Å². The van der Waals surface area contributed by atoms with E-state index >= 15 is 0 Å². The zero-order valence-electron chi connectivity index (χ0n) is 20.5. The maximum Gasteiger partial charge on any atom is 0.0651 e. The maximum absolute atomic E-state index is 10.3. The molecule has 0 aromatic carbocycles. The molecule has 3 aliphatic rings. The van der Waals surface area contributed by atoms with Crippen molar-refractivity contribution in [2.24, 2.45) is 29.1 Å². The lowest BCUT2D eigenvalue weighted by molar-refractivity contribution is 0.0436. The Bertz CT molecular complexity index is 686. The third kappa shape index (κ3) is 5.92. The van der Waals surface area contributed by atoms with Gasteiger partial charge in [0.1, 0.15) is 0 Å². The first-order chi connectivity index (χ1) is 14.5. The summed E-state index contributed by atoms with van der Waals surface area (Å²) in [7, 11) is 0. The summed E-state index contributed by atoms with van der Waals surface area (Å²) in [4.78, 5) is 0.